The summed E-state index contributed by atoms with van der Waals surface area (Å²) in [6, 6.07) is 0. The zero-order valence-electron chi connectivity index (χ0n) is 15.8. The Morgan fingerprint density at radius 3 is 2.67 bits per heavy atom. The summed E-state index contributed by atoms with van der Waals surface area (Å²) in [7, 11) is 0. The number of hydrogen-bond donors (Lipinski definition) is 1. The van der Waals surface area contributed by atoms with E-state index in [1.54, 1.807) is 19.9 Å². The lowest BCUT2D eigenvalue weighted by atomic mass is 9.82. The van der Waals surface area contributed by atoms with Crippen molar-refractivity contribution < 1.29 is 29.0 Å². The first-order valence-corrected chi connectivity index (χ1v) is 9.42. The number of carbonyl (C=O) groups excluding carboxylic acids is 3. The van der Waals surface area contributed by atoms with Gasteiger partial charge in [0.25, 0.3) is 0 Å². The van der Waals surface area contributed by atoms with E-state index in [0.29, 0.717) is 5.57 Å². The van der Waals surface area contributed by atoms with Crippen LogP contribution < -0.4 is 0 Å². The highest BCUT2D eigenvalue weighted by Crippen LogP contribution is 2.38. The van der Waals surface area contributed by atoms with Gasteiger partial charge >= 0.3 is 11.9 Å². The molecule has 6 nitrogen and oxygen atoms in total. The molecule has 0 spiro atoms. The van der Waals surface area contributed by atoms with Crippen LogP contribution in [0, 0.1) is 11.8 Å². The van der Waals surface area contributed by atoms with E-state index in [4.69, 9.17) is 9.47 Å². The molecule has 1 heterocycles. The van der Waals surface area contributed by atoms with Crippen LogP contribution in [0.2, 0.25) is 0 Å². The smallest absolute Gasteiger partial charge is 0.334 e. The third kappa shape index (κ3) is 4.21. The van der Waals surface area contributed by atoms with Crippen LogP contribution in [0.25, 0.3) is 0 Å². The standard InChI is InChI=1S/C21H26O6/c1-12-10-16-18(13(2)19(23)26-16)17(11-21(3,25)9-8-15(12)22)27-20(24)14-6-4-5-7-14/h8-10,14,16-18,25H,2,4-7,11H2,1,3H3/b9-8+,12-10-/t16-,17-,18+,21+/m1/s1. The monoisotopic (exact) mass is 374 g/mol. The fourth-order valence-corrected chi connectivity index (χ4v) is 4.02. The molecule has 1 aliphatic heterocycles. The van der Waals surface area contributed by atoms with Gasteiger partial charge in [-0.1, -0.05) is 19.4 Å². The summed E-state index contributed by atoms with van der Waals surface area (Å²) in [6.07, 6.45) is 6.36. The summed E-state index contributed by atoms with van der Waals surface area (Å²) in [6.45, 7) is 6.98. The van der Waals surface area contributed by atoms with Crippen LogP contribution >= 0.6 is 0 Å². The fourth-order valence-electron chi connectivity index (χ4n) is 4.02. The number of hydrogen-bond acceptors (Lipinski definition) is 6. The van der Waals surface area contributed by atoms with E-state index < -0.39 is 29.7 Å². The molecule has 0 aromatic rings. The van der Waals surface area contributed by atoms with Gasteiger partial charge in [-0.3, -0.25) is 9.59 Å². The van der Waals surface area contributed by atoms with Crippen LogP contribution in [0.4, 0.5) is 0 Å². The number of allylic oxidation sites excluding steroid dienone is 2. The molecule has 1 saturated heterocycles. The second-order valence-electron chi connectivity index (χ2n) is 7.99. The number of esters is 2. The van der Waals surface area contributed by atoms with Crippen molar-refractivity contribution in [1.29, 1.82) is 0 Å². The zero-order chi connectivity index (χ0) is 19.8. The van der Waals surface area contributed by atoms with Crippen LogP contribution in [0.1, 0.15) is 46.0 Å². The summed E-state index contributed by atoms with van der Waals surface area (Å²) in [5, 5.41) is 10.7. The SMILES string of the molecule is C=C1C(=O)O[C@@H]2/C=C(/C)C(=O)/C=C/[C@](C)(O)C[C@@H](OC(=O)C3CCCC3)[C@@H]12. The third-order valence-electron chi connectivity index (χ3n) is 5.63. The van der Waals surface area contributed by atoms with Crippen molar-refractivity contribution in [2.24, 2.45) is 11.8 Å². The highest BCUT2D eigenvalue weighted by atomic mass is 16.6. The molecule has 0 aromatic carbocycles. The van der Waals surface area contributed by atoms with Crippen molar-refractivity contribution in [2.45, 2.75) is 63.8 Å². The maximum absolute atomic E-state index is 12.6. The normalized spacial score (nSPS) is 38.0. The number of ketones is 1. The van der Waals surface area contributed by atoms with E-state index in [1.807, 2.05) is 0 Å². The molecule has 6 heteroatoms. The van der Waals surface area contributed by atoms with E-state index >= 15 is 0 Å². The number of rotatable bonds is 2. The number of fused-ring (bicyclic) bond motifs is 1. The van der Waals surface area contributed by atoms with Gasteiger partial charge in [-0.15, -0.1) is 0 Å². The molecule has 4 atom stereocenters. The number of ether oxygens (including phenoxy) is 2. The van der Waals surface area contributed by atoms with Gasteiger partial charge in [0.15, 0.2) is 5.78 Å². The van der Waals surface area contributed by atoms with Gasteiger partial charge in [0.2, 0.25) is 0 Å². The van der Waals surface area contributed by atoms with Crippen molar-refractivity contribution >= 4 is 17.7 Å². The Hall–Kier alpha value is -2.21. The Kier molecular flexibility index (Phi) is 5.38. The minimum atomic E-state index is -1.38. The quantitative estimate of drug-likeness (QED) is 0.590. The van der Waals surface area contributed by atoms with Crippen LogP contribution in [0.3, 0.4) is 0 Å². The van der Waals surface area contributed by atoms with Gasteiger partial charge in [0, 0.05) is 12.0 Å². The lowest BCUT2D eigenvalue weighted by Gasteiger charge is -2.32. The molecule has 3 rings (SSSR count). The highest BCUT2D eigenvalue weighted by molar-refractivity contribution is 6.03. The highest BCUT2D eigenvalue weighted by Gasteiger charge is 2.47. The van der Waals surface area contributed by atoms with Gasteiger partial charge in [0.05, 0.1) is 17.4 Å². The molecule has 0 radical (unpaired) electrons. The topological polar surface area (TPSA) is 89.9 Å². The Labute approximate surface area is 158 Å². The van der Waals surface area contributed by atoms with Gasteiger partial charge in [-0.05, 0) is 50.5 Å². The van der Waals surface area contributed by atoms with Crippen molar-refractivity contribution in [1.82, 2.24) is 0 Å². The first-order valence-electron chi connectivity index (χ1n) is 9.42. The lowest BCUT2D eigenvalue weighted by Crippen LogP contribution is -2.40. The molecule has 0 amide bonds. The Balaban J connectivity index is 1.95. The minimum Gasteiger partial charge on any atom is -0.461 e. The van der Waals surface area contributed by atoms with Crippen molar-refractivity contribution in [2.75, 3.05) is 0 Å². The van der Waals surface area contributed by atoms with Crippen LogP contribution in [-0.2, 0) is 23.9 Å². The first-order chi connectivity index (χ1) is 12.7. The fraction of sp³-hybridized carbons (Fsp3) is 0.571. The molecule has 27 heavy (non-hydrogen) atoms. The Morgan fingerprint density at radius 1 is 1.33 bits per heavy atom. The molecule has 0 aromatic heterocycles. The van der Waals surface area contributed by atoms with E-state index in [9.17, 15) is 19.5 Å². The van der Waals surface area contributed by atoms with Crippen LogP contribution in [0.5, 0.6) is 0 Å². The predicted octanol–water partition coefficient (Wildman–Crippen LogP) is 2.41. The molecular weight excluding hydrogens is 348 g/mol. The van der Waals surface area contributed by atoms with Crippen molar-refractivity contribution in [3.05, 3.63) is 36.0 Å². The molecular formula is C21H26O6. The van der Waals surface area contributed by atoms with Gasteiger partial charge < -0.3 is 14.6 Å². The predicted molar refractivity (Wildman–Crippen MR) is 97.5 cm³/mol. The summed E-state index contributed by atoms with van der Waals surface area (Å²) in [5.74, 6) is -1.94. The van der Waals surface area contributed by atoms with Crippen LogP contribution in [0.15, 0.2) is 36.0 Å². The van der Waals surface area contributed by atoms with E-state index in [0.717, 1.165) is 25.7 Å². The van der Waals surface area contributed by atoms with E-state index in [1.165, 1.54) is 12.2 Å². The minimum absolute atomic E-state index is 0.0406. The van der Waals surface area contributed by atoms with Gasteiger partial charge in [-0.25, -0.2) is 4.79 Å². The average Bonchev–Trinajstić information content (AvgIpc) is 3.21. The summed E-state index contributed by atoms with van der Waals surface area (Å²) < 4.78 is 11.2. The summed E-state index contributed by atoms with van der Waals surface area (Å²) >= 11 is 0. The summed E-state index contributed by atoms with van der Waals surface area (Å²) in [5.41, 5.74) is -0.798. The Morgan fingerprint density at radius 2 is 2.00 bits per heavy atom. The molecule has 146 valence electrons. The second-order valence-corrected chi connectivity index (χ2v) is 7.99. The number of aliphatic hydroxyl groups is 1. The largest absolute Gasteiger partial charge is 0.461 e. The van der Waals surface area contributed by atoms with Crippen molar-refractivity contribution in [3.8, 4) is 0 Å². The molecule has 2 aliphatic carbocycles. The van der Waals surface area contributed by atoms with Crippen molar-refractivity contribution in [3.63, 3.8) is 0 Å². The molecule has 1 saturated carbocycles. The Bertz CT molecular complexity index is 723. The average molecular weight is 374 g/mol. The van der Waals surface area contributed by atoms with Crippen LogP contribution in [-0.4, -0.2) is 40.6 Å². The van der Waals surface area contributed by atoms with E-state index in [2.05, 4.69) is 6.58 Å². The maximum atomic E-state index is 12.6. The van der Waals surface area contributed by atoms with Gasteiger partial charge in [-0.2, -0.15) is 0 Å². The molecule has 0 unspecified atom stereocenters. The molecule has 1 N–H and O–H groups in total. The molecule has 2 fully saturated rings. The summed E-state index contributed by atoms with van der Waals surface area (Å²) in [4.78, 5) is 36.9. The second kappa shape index (κ2) is 7.43. The lowest BCUT2D eigenvalue weighted by molar-refractivity contribution is -0.159. The molecule has 0 bridgehead atoms. The number of carbonyl (C=O) groups is 3. The zero-order valence-corrected chi connectivity index (χ0v) is 15.8. The molecule has 3 aliphatic rings. The maximum Gasteiger partial charge on any atom is 0.334 e. The third-order valence-corrected chi connectivity index (χ3v) is 5.63. The first kappa shape index (κ1) is 19.5. The van der Waals surface area contributed by atoms with E-state index in [-0.39, 0.29) is 29.7 Å². The van der Waals surface area contributed by atoms with Gasteiger partial charge in [0.1, 0.15) is 12.2 Å².